The average Bonchev–Trinajstić information content (AvgIpc) is 2.94. The molecule has 0 saturated heterocycles. The van der Waals surface area contributed by atoms with E-state index in [-0.39, 0.29) is 6.04 Å². The number of hydrogen-bond acceptors (Lipinski definition) is 4. The lowest BCUT2D eigenvalue weighted by molar-refractivity contribution is 0.176. The first-order valence-corrected chi connectivity index (χ1v) is 6.96. The molecule has 2 rings (SSSR count). The Balaban J connectivity index is 2.13. The molecule has 1 heterocycles. The van der Waals surface area contributed by atoms with Crippen LogP contribution in [0.25, 0.3) is 0 Å². The van der Waals surface area contributed by atoms with E-state index in [1.54, 1.807) is 0 Å². The molecule has 0 bridgehead atoms. The molecule has 1 aromatic carbocycles. The van der Waals surface area contributed by atoms with Crippen molar-refractivity contribution in [3.05, 3.63) is 34.9 Å². The van der Waals surface area contributed by atoms with Crippen LogP contribution in [0.3, 0.4) is 0 Å². The number of guanidine groups is 1. The van der Waals surface area contributed by atoms with Crippen molar-refractivity contribution in [1.82, 2.24) is 10.6 Å². The quantitative estimate of drug-likeness (QED) is 0.888. The Labute approximate surface area is 119 Å². The summed E-state index contributed by atoms with van der Waals surface area (Å²) in [5.41, 5.74) is 4.01. The summed E-state index contributed by atoms with van der Waals surface area (Å²) in [6.45, 7) is 4.96. The molecule has 1 aromatic rings. The fraction of sp³-hybridized carbons (Fsp3) is 0.467. The molecular formula is C15H21N3O2. The van der Waals surface area contributed by atoms with Crippen LogP contribution in [0.15, 0.2) is 23.2 Å². The maximum Gasteiger partial charge on any atom is 0.413 e. The van der Waals surface area contributed by atoms with Gasteiger partial charge in [0.1, 0.15) is 0 Å². The molecule has 1 aliphatic rings. The van der Waals surface area contributed by atoms with Crippen LogP contribution >= 0.6 is 0 Å². The van der Waals surface area contributed by atoms with Gasteiger partial charge in [0, 0.05) is 0 Å². The number of aryl methyl sites for hydroxylation is 1. The molecule has 0 fully saturated rings. The second-order valence-corrected chi connectivity index (χ2v) is 4.69. The van der Waals surface area contributed by atoms with E-state index < -0.39 is 6.09 Å². The van der Waals surface area contributed by atoms with Crippen molar-refractivity contribution in [2.75, 3.05) is 13.7 Å². The van der Waals surface area contributed by atoms with Crippen molar-refractivity contribution in [2.24, 2.45) is 4.99 Å². The number of benzene rings is 1. The molecule has 0 radical (unpaired) electrons. The van der Waals surface area contributed by atoms with Crippen LogP contribution in [-0.2, 0) is 17.6 Å². The number of alkyl carbamates (subject to hydrolysis) is 1. The zero-order valence-electron chi connectivity index (χ0n) is 12.2. The lowest BCUT2D eigenvalue weighted by Gasteiger charge is -2.18. The molecule has 1 unspecified atom stereocenters. The van der Waals surface area contributed by atoms with E-state index in [2.05, 4.69) is 52.4 Å². The SMILES string of the molecule is CCc1cccc(C2CN=C(NC(=O)OC)N2)c1CC. The summed E-state index contributed by atoms with van der Waals surface area (Å²) in [7, 11) is 1.34. The molecule has 0 saturated carbocycles. The van der Waals surface area contributed by atoms with Crippen LogP contribution in [0.2, 0.25) is 0 Å². The number of ether oxygens (including phenoxy) is 1. The zero-order chi connectivity index (χ0) is 14.5. The molecule has 20 heavy (non-hydrogen) atoms. The second kappa shape index (κ2) is 6.41. The van der Waals surface area contributed by atoms with E-state index >= 15 is 0 Å². The van der Waals surface area contributed by atoms with Gasteiger partial charge in [0.2, 0.25) is 5.96 Å². The first-order chi connectivity index (χ1) is 9.69. The van der Waals surface area contributed by atoms with Gasteiger partial charge in [-0.3, -0.25) is 10.3 Å². The first kappa shape index (κ1) is 14.4. The highest BCUT2D eigenvalue weighted by Crippen LogP contribution is 2.25. The van der Waals surface area contributed by atoms with Crippen molar-refractivity contribution in [3.63, 3.8) is 0 Å². The number of aliphatic imine (C=N–C) groups is 1. The van der Waals surface area contributed by atoms with E-state index in [1.165, 1.54) is 23.8 Å². The Morgan fingerprint density at radius 2 is 2.25 bits per heavy atom. The summed E-state index contributed by atoms with van der Waals surface area (Å²) in [6.07, 6.45) is 1.52. The Bertz CT molecular complexity index is 526. The fourth-order valence-corrected chi connectivity index (χ4v) is 2.58. The molecule has 0 aliphatic carbocycles. The summed E-state index contributed by atoms with van der Waals surface area (Å²) in [4.78, 5) is 15.5. The van der Waals surface area contributed by atoms with E-state index in [0.717, 1.165) is 12.8 Å². The third kappa shape index (κ3) is 2.92. The number of rotatable bonds is 3. The van der Waals surface area contributed by atoms with Crippen LogP contribution in [0.5, 0.6) is 0 Å². The average molecular weight is 275 g/mol. The van der Waals surface area contributed by atoms with E-state index in [4.69, 9.17) is 0 Å². The van der Waals surface area contributed by atoms with Gasteiger partial charge in [-0.05, 0) is 29.5 Å². The summed E-state index contributed by atoms with van der Waals surface area (Å²) in [6, 6.07) is 6.50. The maximum absolute atomic E-state index is 11.2. The van der Waals surface area contributed by atoms with Crippen LogP contribution in [0.1, 0.15) is 36.6 Å². The summed E-state index contributed by atoms with van der Waals surface area (Å²) in [5, 5.41) is 5.81. The normalized spacial score (nSPS) is 17.4. The van der Waals surface area contributed by atoms with Crippen molar-refractivity contribution in [2.45, 2.75) is 32.7 Å². The Morgan fingerprint density at radius 3 is 2.90 bits per heavy atom. The van der Waals surface area contributed by atoms with Gasteiger partial charge in [0.25, 0.3) is 0 Å². The standard InChI is InChI=1S/C15H21N3O2/c1-4-10-7-6-8-12(11(10)5-2)13-9-16-14(17-13)18-15(19)20-3/h6-8,13H,4-5,9H2,1-3H3,(H2,16,17,18,19). The summed E-state index contributed by atoms with van der Waals surface area (Å²) < 4.78 is 4.56. The zero-order valence-corrected chi connectivity index (χ0v) is 12.2. The lowest BCUT2D eigenvalue weighted by atomic mass is 9.93. The molecule has 5 nitrogen and oxygen atoms in total. The summed E-state index contributed by atoms with van der Waals surface area (Å²) in [5.74, 6) is 0.478. The molecule has 2 N–H and O–H groups in total. The van der Waals surface area contributed by atoms with Gasteiger partial charge in [0.15, 0.2) is 0 Å². The third-order valence-corrected chi connectivity index (χ3v) is 3.57. The van der Waals surface area contributed by atoms with Gasteiger partial charge < -0.3 is 10.1 Å². The predicted octanol–water partition coefficient (Wildman–Crippen LogP) is 2.17. The number of hydrogen-bond donors (Lipinski definition) is 2. The van der Waals surface area contributed by atoms with Gasteiger partial charge in [0.05, 0.1) is 19.7 Å². The van der Waals surface area contributed by atoms with Crippen molar-refractivity contribution >= 4 is 12.1 Å². The summed E-state index contributed by atoms with van der Waals surface area (Å²) >= 11 is 0. The molecule has 1 atom stereocenters. The van der Waals surface area contributed by atoms with Gasteiger partial charge in [-0.2, -0.15) is 0 Å². The largest absolute Gasteiger partial charge is 0.453 e. The highest BCUT2D eigenvalue weighted by atomic mass is 16.5. The second-order valence-electron chi connectivity index (χ2n) is 4.69. The van der Waals surface area contributed by atoms with Crippen LogP contribution in [0.4, 0.5) is 4.79 Å². The third-order valence-electron chi connectivity index (χ3n) is 3.57. The first-order valence-electron chi connectivity index (χ1n) is 6.96. The fourth-order valence-electron chi connectivity index (χ4n) is 2.58. The van der Waals surface area contributed by atoms with E-state index in [1.807, 2.05) is 0 Å². The minimum atomic E-state index is -0.505. The Hall–Kier alpha value is -2.04. The number of amides is 1. The predicted molar refractivity (Wildman–Crippen MR) is 78.9 cm³/mol. The molecule has 5 heteroatoms. The molecule has 1 aliphatic heterocycles. The molecule has 1 amide bonds. The van der Waals surface area contributed by atoms with E-state index in [9.17, 15) is 4.79 Å². The molecule has 0 aromatic heterocycles. The van der Waals surface area contributed by atoms with Gasteiger partial charge in [-0.1, -0.05) is 32.0 Å². The van der Waals surface area contributed by atoms with Gasteiger partial charge in [-0.25, -0.2) is 4.79 Å². The van der Waals surface area contributed by atoms with Crippen LogP contribution in [0, 0.1) is 0 Å². The van der Waals surface area contributed by atoms with Gasteiger partial charge >= 0.3 is 6.09 Å². The number of carbonyl (C=O) groups is 1. The Kier molecular flexibility index (Phi) is 4.61. The van der Waals surface area contributed by atoms with Crippen molar-refractivity contribution < 1.29 is 9.53 Å². The molecule has 108 valence electrons. The monoisotopic (exact) mass is 275 g/mol. The minimum absolute atomic E-state index is 0.114. The highest BCUT2D eigenvalue weighted by molar-refractivity contribution is 5.95. The topological polar surface area (TPSA) is 62.7 Å². The smallest absolute Gasteiger partial charge is 0.413 e. The van der Waals surface area contributed by atoms with Crippen molar-refractivity contribution in [3.8, 4) is 0 Å². The molecular weight excluding hydrogens is 254 g/mol. The van der Waals surface area contributed by atoms with Crippen LogP contribution < -0.4 is 10.6 Å². The van der Waals surface area contributed by atoms with Crippen molar-refractivity contribution in [1.29, 1.82) is 0 Å². The number of methoxy groups -OCH3 is 1. The number of carbonyl (C=O) groups excluding carboxylic acids is 1. The highest BCUT2D eigenvalue weighted by Gasteiger charge is 2.23. The molecule has 0 spiro atoms. The number of nitrogens with one attached hydrogen (secondary N) is 2. The lowest BCUT2D eigenvalue weighted by Crippen LogP contribution is -2.39. The van der Waals surface area contributed by atoms with Gasteiger partial charge in [-0.15, -0.1) is 0 Å². The maximum atomic E-state index is 11.2. The van der Waals surface area contributed by atoms with E-state index in [0.29, 0.717) is 12.5 Å². The Morgan fingerprint density at radius 1 is 1.45 bits per heavy atom. The number of nitrogens with zero attached hydrogens (tertiary/aromatic N) is 1. The minimum Gasteiger partial charge on any atom is -0.453 e. The van der Waals surface area contributed by atoms with Crippen LogP contribution in [-0.4, -0.2) is 25.7 Å².